The second kappa shape index (κ2) is 3.93. The molecular weight excluding hydrogens is 190 g/mol. The maximum atomic E-state index is 9.69. The van der Waals surface area contributed by atoms with Crippen molar-refractivity contribution in [1.29, 1.82) is 0 Å². The fourth-order valence-electron chi connectivity index (χ4n) is 2.17. The third-order valence-electron chi connectivity index (χ3n) is 3.27. The van der Waals surface area contributed by atoms with E-state index < -0.39 is 6.10 Å². The summed E-state index contributed by atoms with van der Waals surface area (Å²) in [6, 6.07) is 7.58. The molecule has 0 bridgehead atoms. The number of rotatable bonds is 3. The van der Waals surface area contributed by atoms with Crippen molar-refractivity contribution < 1.29 is 10.2 Å². The number of aliphatic hydroxyl groups excluding tert-OH is 2. The van der Waals surface area contributed by atoms with Crippen molar-refractivity contribution in [1.82, 2.24) is 0 Å². The summed E-state index contributed by atoms with van der Waals surface area (Å²) in [5.41, 5.74) is 7.69. The average Bonchev–Trinajstić information content (AvgIpc) is 2.25. The SMILES string of the molecule is NC1(c2ccccc2C(O)CO)CCC1. The van der Waals surface area contributed by atoms with E-state index in [-0.39, 0.29) is 12.1 Å². The van der Waals surface area contributed by atoms with Crippen LogP contribution >= 0.6 is 0 Å². The van der Waals surface area contributed by atoms with Crippen molar-refractivity contribution in [2.75, 3.05) is 6.61 Å². The molecule has 0 saturated heterocycles. The zero-order valence-electron chi connectivity index (χ0n) is 8.69. The van der Waals surface area contributed by atoms with E-state index in [4.69, 9.17) is 10.8 Å². The number of aliphatic hydroxyl groups is 2. The minimum Gasteiger partial charge on any atom is -0.393 e. The summed E-state index contributed by atoms with van der Waals surface area (Å²) in [7, 11) is 0. The van der Waals surface area contributed by atoms with E-state index in [1.54, 1.807) is 0 Å². The highest BCUT2D eigenvalue weighted by Gasteiger charge is 2.36. The molecule has 1 atom stereocenters. The Morgan fingerprint density at radius 2 is 2.00 bits per heavy atom. The van der Waals surface area contributed by atoms with Crippen molar-refractivity contribution in [2.45, 2.75) is 30.9 Å². The average molecular weight is 207 g/mol. The summed E-state index contributed by atoms with van der Waals surface area (Å²) in [6.45, 7) is -0.257. The lowest BCUT2D eigenvalue weighted by Gasteiger charge is -2.40. The predicted octanol–water partition coefficient (Wildman–Crippen LogP) is 1.05. The van der Waals surface area contributed by atoms with Crippen LogP contribution in [0, 0.1) is 0 Å². The molecule has 0 radical (unpaired) electrons. The quantitative estimate of drug-likeness (QED) is 0.694. The van der Waals surface area contributed by atoms with Gasteiger partial charge in [-0.2, -0.15) is 0 Å². The molecular formula is C12H17NO2. The van der Waals surface area contributed by atoms with Crippen LogP contribution in [0.2, 0.25) is 0 Å². The van der Waals surface area contributed by atoms with Gasteiger partial charge in [0.25, 0.3) is 0 Å². The highest BCUT2D eigenvalue weighted by atomic mass is 16.3. The van der Waals surface area contributed by atoms with Crippen LogP contribution in [0.15, 0.2) is 24.3 Å². The molecule has 2 rings (SSSR count). The topological polar surface area (TPSA) is 66.5 Å². The summed E-state index contributed by atoms with van der Waals surface area (Å²) in [5, 5.41) is 18.7. The molecule has 1 fully saturated rings. The lowest BCUT2D eigenvalue weighted by Crippen LogP contribution is -2.44. The van der Waals surface area contributed by atoms with E-state index in [0.717, 1.165) is 30.4 Å². The molecule has 1 saturated carbocycles. The van der Waals surface area contributed by atoms with Crippen molar-refractivity contribution in [3.05, 3.63) is 35.4 Å². The molecule has 3 heteroatoms. The van der Waals surface area contributed by atoms with Crippen molar-refractivity contribution in [3.8, 4) is 0 Å². The summed E-state index contributed by atoms with van der Waals surface area (Å²) >= 11 is 0. The standard InChI is InChI=1S/C12H17NO2/c13-12(6-3-7-12)10-5-2-1-4-9(10)11(15)8-14/h1-2,4-5,11,14-15H,3,6-8,13H2. The second-order valence-corrected chi connectivity index (χ2v) is 4.30. The van der Waals surface area contributed by atoms with E-state index >= 15 is 0 Å². The lowest BCUT2D eigenvalue weighted by molar-refractivity contribution is 0.0922. The molecule has 0 heterocycles. The Hall–Kier alpha value is -0.900. The Morgan fingerprint density at radius 3 is 2.53 bits per heavy atom. The van der Waals surface area contributed by atoms with Gasteiger partial charge < -0.3 is 15.9 Å². The Balaban J connectivity index is 2.37. The summed E-state index contributed by atoms with van der Waals surface area (Å²) in [6.07, 6.45) is 2.24. The Labute approximate surface area is 89.5 Å². The van der Waals surface area contributed by atoms with Crippen molar-refractivity contribution >= 4 is 0 Å². The molecule has 3 nitrogen and oxygen atoms in total. The predicted molar refractivity (Wildman–Crippen MR) is 58.2 cm³/mol. The zero-order chi connectivity index (χ0) is 10.9. The summed E-state index contributed by atoms with van der Waals surface area (Å²) < 4.78 is 0. The van der Waals surface area contributed by atoms with Gasteiger partial charge in [0.05, 0.1) is 6.61 Å². The Kier molecular flexibility index (Phi) is 2.78. The molecule has 1 aliphatic rings. The fraction of sp³-hybridized carbons (Fsp3) is 0.500. The Bertz CT molecular complexity index is 347. The van der Waals surface area contributed by atoms with Crippen molar-refractivity contribution in [3.63, 3.8) is 0 Å². The third-order valence-corrected chi connectivity index (χ3v) is 3.27. The molecule has 82 valence electrons. The molecule has 0 aromatic heterocycles. The van der Waals surface area contributed by atoms with E-state index in [0.29, 0.717) is 0 Å². The Morgan fingerprint density at radius 1 is 1.33 bits per heavy atom. The number of hydrogen-bond acceptors (Lipinski definition) is 3. The number of nitrogens with two attached hydrogens (primary N) is 1. The molecule has 1 aromatic rings. The van der Waals surface area contributed by atoms with Crippen molar-refractivity contribution in [2.24, 2.45) is 5.73 Å². The van der Waals surface area contributed by atoms with Crippen LogP contribution in [-0.4, -0.2) is 16.8 Å². The first-order valence-corrected chi connectivity index (χ1v) is 5.34. The highest BCUT2D eigenvalue weighted by molar-refractivity contribution is 5.36. The summed E-state index contributed by atoms with van der Waals surface area (Å²) in [4.78, 5) is 0. The second-order valence-electron chi connectivity index (χ2n) is 4.30. The van der Waals surface area contributed by atoms with E-state index in [1.807, 2.05) is 24.3 Å². The van der Waals surface area contributed by atoms with Crippen LogP contribution in [0.1, 0.15) is 36.5 Å². The zero-order valence-corrected chi connectivity index (χ0v) is 8.69. The van der Waals surface area contributed by atoms with Gasteiger partial charge in [-0.3, -0.25) is 0 Å². The van der Waals surface area contributed by atoms with Crippen LogP contribution < -0.4 is 5.73 Å². The van der Waals surface area contributed by atoms with E-state index in [9.17, 15) is 5.11 Å². The first kappa shape index (κ1) is 10.6. The summed E-state index contributed by atoms with van der Waals surface area (Å²) in [5.74, 6) is 0. The molecule has 4 N–H and O–H groups in total. The van der Waals surface area contributed by atoms with Crippen LogP contribution in [0.3, 0.4) is 0 Å². The monoisotopic (exact) mass is 207 g/mol. The first-order chi connectivity index (χ1) is 7.17. The van der Waals surface area contributed by atoms with Crippen LogP contribution in [-0.2, 0) is 5.54 Å². The van der Waals surface area contributed by atoms with E-state index in [2.05, 4.69) is 0 Å². The fourth-order valence-corrected chi connectivity index (χ4v) is 2.17. The molecule has 15 heavy (non-hydrogen) atoms. The van der Waals surface area contributed by atoms with Gasteiger partial charge >= 0.3 is 0 Å². The van der Waals surface area contributed by atoms with Gasteiger partial charge in [-0.25, -0.2) is 0 Å². The maximum Gasteiger partial charge on any atom is 0.102 e. The van der Waals surface area contributed by atoms with Crippen LogP contribution in [0.25, 0.3) is 0 Å². The van der Waals surface area contributed by atoms with Crippen LogP contribution in [0.5, 0.6) is 0 Å². The normalized spacial score (nSPS) is 20.7. The number of benzene rings is 1. The largest absolute Gasteiger partial charge is 0.393 e. The van der Waals surface area contributed by atoms with Gasteiger partial charge in [0.1, 0.15) is 6.10 Å². The minimum atomic E-state index is -0.817. The van der Waals surface area contributed by atoms with E-state index in [1.165, 1.54) is 0 Å². The molecule has 0 aliphatic heterocycles. The van der Waals surface area contributed by atoms with Gasteiger partial charge in [0.15, 0.2) is 0 Å². The smallest absolute Gasteiger partial charge is 0.102 e. The van der Waals surface area contributed by atoms with Crippen LogP contribution in [0.4, 0.5) is 0 Å². The highest BCUT2D eigenvalue weighted by Crippen LogP contribution is 2.41. The molecule has 1 aromatic carbocycles. The minimum absolute atomic E-state index is 0.257. The molecule has 1 unspecified atom stereocenters. The molecule has 0 spiro atoms. The molecule has 1 aliphatic carbocycles. The maximum absolute atomic E-state index is 9.69. The van der Waals surface area contributed by atoms with Gasteiger partial charge in [-0.15, -0.1) is 0 Å². The third kappa shape index (κ3) is 1.78. The van der Waals surface area contributed by atoms with Gasteiger partial charge in [0.2, 0.25) is 0 Å². The van der Waals surface area contributed by atoms with Gasteiger partial charge in [-0.05, 0) is 30.4 Å². The molecule has 0 amide bonds. The van der Waals surface area contributed by atoms with Gasteiger partial charge in [-0.1, -0.05) is 24.3 Å². The van der Waals surface area contributed by atoms with Gasteiger partial charge in [0, 0.05) is 5.54 Å². The lowest BCUT2D eigenvalue weighted by atomic mass is 9.71. The first-order valence-electron chi connectivity index (χ1n) is 5.34. The number of hydrogen-bond donors (Lipinski definition) is 3.